The lowest BCUT2D eigenvalue weighted by Crippen LogP contribution is -2.35. The number of hydrogen-bond acceptors (Lipinski definition) is 5. The van der Waals surface area contributed by atoms with E-state index < -0.39 is 0 Å². The number of quaternary nitrogens is 1. The Hall–Kier alpha value is -2.87. The van der Waals surface area contributed by atoms with Crippen molar-refractivity contribution in [2.75, 3.05) is 12.4 Å². The van der Waals surface area contributed by atoms with Crippen LogP contribution in [0.25, 0.3) is 0 Å². The van der Waals surface area contributed by atoms with Crippen LogP contribution in [0.15, 0.2) is 46.3 Å². The van der Waals surface area contributed by atoms with Crippen molar-refractivity contribution >= 4 is 23.8 Å². The Kier molecular flexibility index (Phi) is 3.75. The zero-order chi connectivity index (χ0) is 16.4. The Morgan fingerprint density at radius 1 is 1.48 bits per heavy atom. The summed E-state index contributed by atoms with van der Waals surface area (Å²) in [4.78, 5) is 4.54. The van der Waals surface area contributed by atoms with Crippen molar-refractivity contribution in [2.45, 2.75) is 19.4 Å². The standard InChI is InChI=1S/C15H21N8/c1-10-9-13(20-15-22-23(10,15)2)19-12-5-3-11(4-6-12)7-8-18-21-14(16)17/h3-6,8-10,19H,7H2,1-2H3,(H,20,22)(H4,16,17,21)/q+1. The molecule has 0 aromatic heterocycles. The minimum Gasteiger partial charge on any atom is -0.369 e. The monoisotopic (exact) mass is 313 g/mol. The van der Waals surface area contributed by atoms with Crippen LogP contribution in [0, 0.1) is 5.41 Å². The van der Waals surface area contributed by atoms with Crippen molar-refractivity contribution in [1.82, 2.24) is 10.9 Å². The molecule has 1 aromatic rings. The highest BCUT2D eigenvalue weighted by Gasteiger charge is 2.55. The SMILES string of the molecule is CC1C=C(Nc2ccc(CC=NNC(=N)N)cc2)N=C2N[N+]21C. The lowest BCUT2D eigenvalue weighted by Gasteiger charge is -2.16. The Labute approximate surface area is 134 Å². The predicted molar refractivity (Wildman–Crippen MR) is 91.6 cm³/mol. The van der Waals surface area contributed by atoms with Gasteiger partial charge < -0.3 is 11.1 Å². The van der Waals surface area contributed by atoms with E-state index in [9.17, 15) is 0 Å². The fourth-order valence-corrected chi connectivity index (χ4v) is 2.34. The van der Waals surface area contributed by atoms with Crippen LogP contribution in [-0.2, 0) is 6.42 Å². The molecule has 1 saturated heterocycles. The number of fused-ring (bicyclic) bond motifs is 1. The minimum atomic E-state index is -0.169. The van der Waals surface area contributed by atoms with E-state index in [1.807, 2.05) is 24.3 Å². The molecule has 2 aliphatic rings. The van der Waals surface area contributed by atoms with Crippen LogP contribution < -0.4 is 21.9 Å². The summed E-state index contributed by atoms with van der Waals surface area (Å²) in [7, 11) is 2.11. The number of likely N-dealkylation sites (N-methyl/N-ethyl adjacent to an activating group) is 1. The molecule has 0 bridgehead atoms. The van der Waals surface area contributed by atoms with Crippen molar-refractivity contribution < 1.29 is 4.59 Å². The molecule has 6 N–H and O–H groups in total. The van der Waals surface area contributed by atoms with E-state index in [0.29, 0.717) is 17.1 Å². The number of guanidine groups is 2. The molecule has 2 unspecified atom stereocenters. The van der Waals surface area contributed by atoms with Crippen molar-refractivity contribution in [2.24, 2.45) is 15.8 Å². The molecule has 0 saturated carbocycles. The van der Waals surface area contributed by atoms with Gasteiger partial charge in [0.05, 0.1) is 7.05 Å². The van der Waals surface area contributed by atoms with Gasteiger partial charge in [0.15, 0.2) is 0 Å². The van der Waals surface area contributed by atoms with Crippen molar-refractivity contribution in [3.63, 3.8) is 0 Å². The highest BCUT2D eigenvalue weighted by molar-refractivity contribution is 5.83. The van der Waals surface area contributed by atoms with Crippen LogP contribution in [0.3, 0.4) is 0 Å². The van der Waals surface area contributed by atoms with E-state index in [1.54, 1.807) is 6.21 Å². The summed E-state index contributed by atoms with van der Waals surface area (Å²) in [6.07, 6.45) is 4.47. The van der Waals surface area contributed by atoms with E-state index in [4.69, 9.17) is 11.1 Å². The molecule has 2 heterocycles. The van der Waals surface area contributed by atoms with Crippen LogP contribution in [0.5, 0.6) is 0 Å². The number of aliphatic imine (C=N–C) groups is 1. The molecule has 23 heavy (non-hydrogen) atoms. The van der Waals surface area contributed by atoms with Crippen molar-refractivity contribution in [3.05, 3.63) is 41.7 Å². The number of benzene rings is 1. The third-order valence-corrected chi connectivity index (χ3v) is 3.99. The molecule has 3 rings (SSSR count). The fraction of sp³-hybridized carbons (Fsp3) is 0.267. The van der Waals surface area contributed by atoms with Crippen LogP contribution in [0.4, 0.5) is 5.69 Å². The van der Waals surface area contributed by atoms with Gasteiger partial charge in [0, 0.05) is 24.4 Å². The van der Waals surface area contributed by atoms with E-state index in [0.717, 1.165) is 23.0 Å². The zero-order valence-corrected chi connectivity index (χ0v) is 13.2. The molecule has 0 amide bonds. The molecule has 0 spiro atoms. The number of nitrogens with one attached hydrogen (secondary N) is 4. The Morgan fingerprint density at radius 2 is 2.22 bits per heavy atom. The molecular weight excluding hydrogens is 292 g/mol. The molecule has 120 valence electrons. The van der Waals surface area contributed by atoms with Gasteiger partial charge in [-0.25, -0.2) is 5.43 Å². The largest absolute Gasteiger partial charge is 0.375 e. The molecule has 8 nitrogen and oxygen atoms in total. The molecular formula is C15H21N8+. The lowest BCUT2D eigenvalue weighted by atomic mass is 10.1. The maximum absolute atomic E-state index is 6.99. The Morgan fingerprint density at radius 3 is 2.87 bits per heavy atom. The van der Waals surface area contributed by atoms with E-state index in [2.05, 4.69) is 46.3 Å². The second-order valence-corrected chi connectivity index (χ2v) is 5.78. The number of nitrogens with zero attached hydrogens (tertiary/aromatic N) is 3. The summed E-state index contributed by atoms with van der Waals surface area (Å²) in [5.74, 6) is 1.69. The number of hydrogen-bond donors (Lipinski definition) is 5. The molecule has 0 aliphatic carbocycles. The second-order valence-electron chi connectivity index (χ2n) is 5.78. The second kappa shape index (κ2) is 5.73. The van der Waals surface area contributed by atoms with Crippen LogP contribution in [0.1, 0.15) is 12.5 Å². The highest BCUT2D eigenvalue weighted by atomic mass is 15.9. The first kappa shape index (κ1) is 15.0. The Bertz CT molecular complexity index is 703. The molecule has 1 aromatic carbocycles. The molecule has 2 aliphatic heterocycles. The van der Waals surface area contributed by atoms with Crippen LogP contribution in [0.2, 0.25) is 0 Å². The van der Waals surface area contributed by atoms with Gasteiger partial charge in [-0.15, -0.1) is 4.59 Å². The summed E-state index contributed by atoms with van der Waals surface area (Å²) in [6, 6.07) is 8.43. The van der Waals surface area contributed by atoms with Gasteiger partial charge in [-0.2, -0.15) is 15.5 Å². The van der Waals surface area contributed by atoms with E-state index in [1.165, 1.54) is 0 Å². The molecule has 0 radical (unpaired) electrons. The fourth-order valence-electron chi connectivity index (χ4n) is 2.34. The lowest BCUT2D eigenvalue weighted by molar-refractivity contribution is -0.781. The zero-order valence-electron chi connectivity index (χ0n) is 13.2. The van der Waals surface area contributed by atoms with Crippen LogP contribution in [-0.4, -0.2) is 35.8 Å². The van der Waals surface area contributed by atoms with Gasteiger partial charge in [0.1, 0.15) is 11.9 Å². The summed E-state index contributed by atoms with van der Waals surface area (Å²) < 4.78 is 0.706. The maximum Gasteiger partial charge on any atom is 0.375 e. The van der Waals surface area contributed by atoms with Gasteiger partial charge in [-0.1, -0.05) is 12.1 Å². The summed E-state index contributed by atoms with van der Waals surface area (Å²) in [6.45, 7) is 2.16. The first-order valence-electron chi connectivity index (χ1n) is 7.40. The topological polar surface area (TPSA) is 121 Å². The molecule has 1 fully saturated rings. The minimum absolute atomic E-state index is 0.169. The van der Waals surface area contributed by atoms with Gasteiger partial charge in [0.25, 0.3) is 0 Å². The Balaban J connectivity index is 1.57. The van der Waals surface area contributed by atoms with Gasteiger partial charge >= 0.3 is 5.96 Å². The number of hydrazone groups is 1. The van der Waals surface area contributed by atoms with E-state index >= 15 is 0 Å². The summed E-state index contributed by atoms with van der Waals surface area (Å²) >= 11 is 0. The number of rotatable bonds is 5. The summed E-state index contributed by atoms with van der Waals surface area (Å²) in [5.41, 5.74) is 12.9. The first-order chi connectivity index (χ1) is 11.0. The quantitative estimate of drug-likeness (QED) is 0.180. The average molecular weight is 313 g/mol. The third-order valence-electron chi connectivity index (χ3n) is 3.99. The van der Waals surface area contributed by atoms with Gasteiger partial charge in [0.2, 0.25) is 5.96 Å². The normalized spacial score (nSPS) is 25.0. The summed E-state index contributed by atoms with van der Waals surface area (Å²) in [5, 5.41) is 14.2. The van der Waals surface area contributed by atoms with Crippen molar-refractivity contribution in [3.8, 4) is 0 Å². The number of nitrogens with two attached hydrogens (primary N) is 1. The van der Waals surface area contributed by atoms with Crippen molar-refractivity contribution in [1.29, 1.82) is 5.41 Å². The van der Waals surface area contributed by atoms with Gasteiger partial charge in [-0.3, -0.25) is 5.41 Å². The average Bonchev–Trinajstić information content (AvgIpc) is 3.17. The maximum atomic E-state index is 6.99. The van der Waals surface area contributed by atoms with Gasteiger partial charge in [-0.05, 0) is 24.6 Å². The van der Waals surface area contributed by atoms with Crippen LogP contribution >= 0.6 is 0 Å². The van der Waals surface area contributed by atoms with E-state index in [-0.39, 0.29) is 5.96 Å². The number of anilines is 1. The predicted octanol–water partition coefficient (Wildman–Crippen LogP) is 0.674. The third kappa shape index (κ3) is 3.32. The first-order valence-corrected chi connectivity index (χ1v) is 7.40. The molecule has 8 heteroatoms. The smallest absolute Gasteiger partial charge is 0.369 e. The molecule has 2 atom stereocenters. The highest BCUT2D eigenvalue weighted by Crippen LogP contribution is 2.27.